The number of carbonyl (C=O) groups excluding carboxylic acids is 4. The van der Waals surface area contributed by atoms with Crippen molar-refractivity contribution < 1.29 is 38.6 Å². The fourth-order valence-corrected chi connectivity index (χ4v) is 7.74. The Hall–Kier alpha value is -8.15. The first kappa shape index (κ1) is 44.9. The summed E-state index contributed by atoms with van der Waals surface area (Å²) in [6.45, 7) is 9.24. The largest absolute Gasteiger partial charge is 0.494 e. The Morgan fingerprint density at radius 3 is 1.75 bits per heavy atom. The zero-order valence-corrected chi connectivity index (χ0v) is 36.5. The molecule has 0 bridgehead atoms. The lowest BCUT2D eigenvalue weighted by atomic mass is 10.1. The third kappa shape index (κ3) is 9.61. The van der Waals surface area contributed by atoms with Crippen LogP contribution in [0.1, 0.15) is 79.8 Å². The van der Waals surface area contributed by atoms with E-state index >= 15 is 0 Å². The molecule has 1 unspecified atom stereocenters. The van der Waals surface area contributed by atoms with E-state index in [1.165, 1.54) is 36.3 Å². The Labute approximate surface area is 372 Å². The van der Waals surface area contributed by atoms with Crippen LogP contribution < -0.4 is 31.6 Å². The van der Waals surface area contributed by atoms with Gasteiger partial charge < -0.3 is 40.1 Å². The summed E-state index contributed by atoms with van der Waals surface area (Å²) in [4.78, 5) is 74.4. The van der Waals surface area contributed by atoms with Crippen molar-refractivity contribution >= 4 is 63.7 Å². The van der Waals surface area contributed by atoms with Crippen molar-refractivity contribution in [2.75, 3.05) is 37.4 Å². The molecule has 1 aliphatic heterocycles. The van der Waals surface area contributed by atoms with Crippen molar-refractivity contribution in [3.63, 3.8) is 0 Å². The highest BCUT2D eigenvalue weighted by Gasteiger charge is 2.26. The molecule has 1 saturated heterocycles. The van der Waals surface area contributed by atoms with Gasteiger partial charge in [-0.15, -0.1) is 0 Å². The maximum absolute atomic E-state index is 13.8. The average Bonchev–Trinajstić information content (AvgIpc) is 4.11. The van der Waals surface area contributed by atoms with E-state index in [4.69, 9.17) is 25.9 Å². The highest BCUT2D eigenvalue weighted by molar-refractivity contribution is 6.05. The number of carbonyl (C=O) groups is 5. The van der Waals surface area contributed by atoms with Gasteiger partial charge in [0.15, 0.2) is 0 Å². The number of nitrogens with zero attached hydrogens (tertiary/aromatic N) is 9. The van der Waals surface area contributed by atoms with Crippen LogP contribution in [0.4, 0.5) is 16.7 Å². The van der Waals surface area contributed by atoms with Gasteiger partial charge in [0.1, 0.15) is 40.5 Å². The van der Waals surface area contributed by atoms with Crippen LogP contribution in [-0.4, -0.2) is 105 Å². The number of fused-ring (bicyclic) bond motifs is 2. The smallest absolute Gasteiger partial charge is 0.407 e. The fraction of sp³-hybridized carbons (Fsp3) is 0.341. The number of ether oxygens (including phenoxy) is 2. The number of methoxy groups -OCH3 is 1. The zero-order chi connectivity index (χ0) is 46.5. The van der Waals surface area contributed by atoms with Gasteiger partial charge in [-0.1, -0.05) is 24.0 Å². The predicted molar refractivity (Wildman–Crippen MR) is 239 cm³/mol. The number of anilines is 2. The Bertz CT molecular complexity index is 2950. The number of benzene rings is 2. The van der Waals surface area contributed by atoms with Gasteiger partial charge in [0.2, 0.25) is 23.7 Å². The number of allylic oxidation sites excluding steroid dienone is 2. The molecule has 338 valence electrons. The molecule has 5 heterocycles. The Balaban J connectivity index is 1.24. The van der Waals surface area contributed by atoms with E-state index in [2.05, 4.69) is 37.7 Å². The monoisotopic (exact) mass is 887 g/mol. The number of carboxylic acid groups (broad SMARTS) is 1. The molecule has 1 fully saturated rings. The molecule has 1 atom stereocenters. The molecule has 21 heteroatoms. The molecule has 0 aliphatic carbocycles. The van der Waals surface area contributed by atoms with E-state index in [-0.39, 0.29) is 54.4 Å². The number of likely N-dealkylation sites (tertiary alicyclic amines) is 1. The number of rotatable bonds is 16. The summed E-state index contributed by atoms with van der Waals surface area (Å²) < 4.78 is 18.5. The highest BCUT2D eigenvalue weighted by Crippen LogP contribution is 2.33. The molecule has 5 amide bonds. The van der Waals surface area contributed by atoms with Crippen LogP contribution in [0.2, 0.25) is 0 Å². The number of nitrogens with one attached hydrogen (secondary N) is 2. The number of nitrogens with two attached hydrogens (primary N) is 2. The molecule has 0 radical (unpaired) electrons. The molecule has 2 aromatic carbocycles. The summed E-state index contributed by atoms with van der Waals surface area (Å²) in [5.74, 6) is 4.64. The van der Waals surface area contributed by atoms with Gasteiger partial charge in [0.25, 0.3) is 11.8 Å². The highest BCUT2D eigenvalue weighted by atomic mass is 16.5. The summed E-state index contributed by atoms with van der Waals surface area (Å²) in [7, 11) is 1.45. The summed E-state index contributed by atoms with van der Waals surface area (Å²) in [5, 5.41) is 23.9. The molecule has 0 saturated carbocycles. The van der Waals surface area contributed by atoms with Crippen LogP contribution in [-0.2, 0) is 26.2 Å². The first-order valence-electron chi connectivity index (χ1n) is 20.8. The van der Waals surface area contributed by atoms with E-state index < -0.39 is 29.7 Å². The SMILES string of the molecule is CCn1nc(C)cc1C(=O)Nc1nc2cc(C(N)=O)cc(OC)c2n1C/C=C/Cn1c(NC(=O)c2cc(C)nn2CC)nc2cc(C(N)=O)cc(OCC#CCC3CCN(C(=O)O)C3)c21. The summed E-state index contributed by atoms with van der Waals surface area (Å²) >= 11 is 0. The second kappa shape index (κ2) is 19.1. The van der Waals surface area contributed by atoms with Crippen LogP contribution in [0.15, 0.2) is 48.6 Å². The van der Waals surface area contributed by atoms with Crippen molar-refractivity contribution in [2.45, 2.75) is 66.7 Å². The first-order valence-corrected chi connectivity index (χ1v) is 20.8. The van der Waals surface area contributed by atoms with Crippen LogP contribution in [0.25, 0.3) is 22.1 Å². The molecule has 1 aliphatic rings. The molecule has 65 heavy (non-hydrogen) atoms. The lowest BCUT2D eigenvalue weighted by Gasteiger charge is -2.13. The predicted octanol–water partition coefficient (Wildman–Crippen LogP) is 4.18. The minimum Gasteiger partial charge on any atom is -0.494 e. The number of aryl methyl sites for hydroxylation is 4. The zero-order valence-electron chi connectivity index (χ0n) is 36.5. The standard InChI is InChI=1S/C44H49N13O8/c1-6-56-32(18-25(3)51-56)40(60)49-42-47-30-20-28(38(45)58)22-34(64-5)36(30)54(42)14-9-10-15-55-37-31(48-43(55)50-41(61)33-19-26(4)52-57(33)7-2)21-29(39(46)59)23-35(37)65-17-11-8-12-27-13-16-53(24-27)44(62)63/h9-10,18-23,27H,6-7,12-17,24H2,1-5H3,(H2,45,58)(H2,46,59)(H,62,63)(H,47,49,60)(H,48,50,61)/b10-9+. The Kier molecular flexibility index (Phi) is 13.2. The quantitative estimate of drug-likeness (QED) is 0.0677. The van der Waals surface area contributed by atoms with Crippen LogP contribution in [0.3, 0.4) is 0 Å². The van der Waals surface area contributed by atoms with Gasteiger partial charge >= 0.3 is 6.09 Å². The van der Waals surface area contributed by atoms with E-state index in [9.17, 15) is 29.1 Å². The molecular weight excluding hydrogens is 839 g/mol. The molecule has 6 aromatic rings. The number of primary amides is 2. The lowest BCUT2D eigenvalue weighted by Crippen LogP contribution is -2.26. The van der Waals surface area contributed by atoms with Crippen LogP contribution >= 0.6 is 0 Å². The van der Waals surface area contributed by atoms with E-state index in [0.29, 0.717) is 89.6 Å². The molecule has 0 spiro atoms. The van der Waals surface area contributed by atoms with Crippen molar-refractivity contribution in [2.24, 2.45) is 17.4 Å². The van der Waals surface area contributed by atoms with Gasteiger partial charge in [-0.2, -0.15) is 10.2 Å². The van der Waals surface area contributed by atoms with E-state index in [1.807, 2.05) is 26.0 Å². The summed E-state index contributed by atoms with van der Waals surface area (Å²) in [6, 6.07) is 9.35. The van der Waals surface area contributed by atoms with Gasteiger partial charge in [0.05, 0.1) is 29.5 Å². The number of hydrogen-bond donors (Lipinski definition) is 5. The molecule has 7 rings (SSSR count). The minimum absolute atomic E-state index is 0.0789. The second-order valence-corrected chi connectivity index (χ2v) is 15.3. The molecule has 7 N–H and O–H groups in total. The fourth-order valence-electron chi connectivity index (χ4n) is 7.74. The minimum atomic E-state index is -0.952. The first-order chi connectivity index (χ1) is 31.2. The number of hydrogen-bond acceptors (Lipinski definition) is 11. The van der Waals surface area contributed by atoms with Crippen molar-refractivity contribution in [3.8, 4) is 23.3 Å². The Morgan fingerprint density at radius 1 is 0.785 bits per heavy atom. The van der Waals surface area contributed by atoms with Crippen LogP contribution in [0.5, 0.6) is 11.5 Å². The Morgan fingerprint density at radius 2 is 1.29 bits per heavy atom. The summed E-state index contributed by atoms with van der Waals surface area (Å²) in [6.07, 6.45) is 3.86. The van der Waals surface area contributed by atoms with Gasteiger partial charge in [0, 0.05) is 56.8 Å². The van der Waals surface area contributed by atoms with Gasteiger partial charge in [-0.3, -0.25) is 39.2 Å². The van der Waals surface area contributed by atoms with E-state index in [0.717, 1.165) is 0 Å². The topological polar surface area (TPSA) is 275 Å². The maximum Gasteiger partial charge on any atom is 0.407 e. The van der Waals surface area contributed by atoms with Crippen LogP contribution in [0, 0.1) is 31.6 Å². The average molecular weight is 888 g/mol. The van der Waals surface area contributed by atoms with Gasteiger partial charge in [-0.25, -0.2) is 14.8 Å². The van der Waals surface area contributed by atoms with Crippen molar-refractivity contribution in [1.82, 2.24) is 43.6 Å². The maximum atomic E-state index is 13.8. The summed E-state index contributed by atoms with van der Waals surface area (Å²) in [5.41, 5.74) is 15.2. The number of amides is 5. The molecular formula is C44H49N13O8. The number of aromatic nitrogens is 8. The van der Waals surface area contributed by atoms with Crippen molar-refractivity contribution in [1.29, 1.82) is 0 Å². The van der Waals surface area contributed by atoms with Crippen molar-refractivity contribution in [3.05, 3.63) is 82.5 Å². The molecule has 4 aromatic heterocycles. The van der Waals surface area contributed by atoms with Gasteiger partial charge in [-0.05, 0) is 76.4 Å². The number of imidazole rings is 2. The normalized spacial score (nSPS) is 13.6. The second-order valence-electron chi connectivity index (χ2n) is 15.3. The third-order valence-electron chi connectivity index (χ3n) is 10.8. The van der Waals surface area contributed by atoms with E-state index in [1.54, 1.807) is 44.5 Å². The lowest BCUT2D eigenvalue weighted by molar-refractivity contribution is 0.0991. The third-order valence-corrected chi connectivity index (χ3v) is 10.8. The molecule has 21 nitrogen and oxygen atoms in total.